The first-order valence-electron chi connectivity index (χ1n) is 16.8. The minimum atomic E-state index is 0.475. The first-order chi connectivity index (χ1) is 25.2. The van der Waals surface area contributed by atoms with Crippen molar-refractivity contribution in [2.75, 3.05) is 0 Å². The van der Waals surface area contributed by atoms with Crippen molar-refractivity contribution in [3.63, 3.8) is 0 Å². The third-order valence-corrected chi connectivity index (χ3v) is 8.51. The van der Waals surface area contributed by atoms with Gasteiger partial charge in [-0.1, -0.05) is 121 Å². The fraction of sp³-hybridized carbons (Fsp3) is 0.0222. The lowest BCUT2D eigenvalue weighted by molar-refractivity contribution is 1.06. The Morgan fingerprint density at radius 2 is 0.824 bits per heavy atom. The lowest BCUT2D eigenvalue weighted by Gasteiger charge is -2.13. The van der Waals surface area contributed by atoms with Crippen LogP contribution in [0.2, 0.25) is 0 Å². The maximum atomic E-state index is 5.17. The zero-order chi connectivity index (χ0) is 34.4. The molecule has 6 nitrogen and oxygen atoms in total. The molecule has 0 atom stereocenters. The molecule has 0 aliphatic rings. The molecule has 0 spiro atoms. The van der Waals surface area contributed by atoms with Gasteiger partial charge < -0.3 is 0 Å². The zero-order valence-corrected chi connectivity index (χ0v) is 27.8. The Hall–Kier alpha value is -6.92. The predicted molar refractivity (Wildman–Crippen MR) is 205 cm³/mol. The Morgan fingerprint density at radius 1 is 0.373 bits per heavy atom. The topological polar surface area (TPSA) is 77.3 Å². The molecule has 0 N–H and O–H groups in total. The first-order valence-corrected chi connectivity index (χ1v) is 16.8. The van der Waals surface area contributed by atoms with E-state index < -0.39 is 0 Å². The second-order valence-electron chi connectivity index (χ2n) is 12.1. The van der Waals surface area contributed by atoms with Crippen molar-refractivity contribution in [3.8, 4) is 79.3 Å². The zero-order valence-electron chi connectivity index (χ0n) is 27.8. The first kappa shape index (κ1) is 31.4. The summed E-state index contributed by atoms with van der Waals surface area (Å²) in [7, 11) is 0. The van der Waals surface area contributed by atoms with Gasteiger partial charge in [0.15, 0.2) is 17.5 Å². The van der Waals surface area contributed by atoms with E-state index in [1.165, 1.54) is 0 Å². The number of pyridine rings is 3. The summed E-state index contributed by atoms with van der Waals surface area (Å²) in [5.74, 6) is 1.51. The van der Waals surface area contributed by atoms with Crippen LogP contribution in [-0.2, 0) is 6.42 Å². The smallest absolute Gasteiger partial charge is 0.182 e. The molecule has 4 heterocycles. The van der Waals surface area contributed by atoms with Crippen molar-refractivity contribution in [3.05, 3.63) is 182 Å². The standard InChI is InChI=1S/C45H32N6/c1-2-15-31-16-14-23-35(26-31)42-30-37(29-41(48-42)34-21-10-5-11-22-34)44-49-43(50-45(51-44)38-24-12-13-25-46-38)36-27-39(32-17-6-3-7-18-32)47-40(28-36)33-19-8-4-9-20-33/h2-14,16-30H,1,15H2. The van der Waals surface area contributed by atoms with E-state index in [0.717, 1.165) is 68.1 Å². The van der Waals surface area contributed by atoms with Crippen LogP contribution < -0.4 is 0 Å². The quantitative estimate of drug-likeness (QED) is 0.144. The summed E-state index contributed by atoms with van der Waals surface area (Å²) in [6.45, 7) is 3.93. The molecule has 0 saturated heterocycles. The van der Waals surface area contributed by atoms with Crippen LogP contribution in [0, 0.1) is 0 Å². The van der Waals surface area contributed by atoms with Gasteiger partial charge in [0.05, 0.1) is 22.8 Å². The summed E-state index contributed by atoms with van der Waals surface area (Å²) in [4.78, 5) is 30.1. The van der Waals surface area contributed by atoms with E-state index in [1.54, 1.807) is 6.20 Å². The molecule has 0 unspecified atom stereocenters. The maximum absolute atomic E-state index is 5.17. The molecule has 0 fully saturated rings. The highest BCUT2D eigenvalue weighted by Crippen LogP contribution is 2.33. The van der Waals surface area contributed by atoms with Gasteiger partial charge in [-0.25, -0.2) is 24.9 Å². The van der Waals surface area contributed by atoms with E-state index in [9.17, 15) is 0 Å². The molecule has 51 heavy (non-hydrogen) atoms. The number of allylic oxidation sites excluding steroid dienone is 1. The van der Waals surface area contributed by atoms with Crippen LogP contribution in [0.5, 0.6) is 0 Å². The van der Waals surface area contributed by atoms with Crippen LogP contribution in [0.25, 0.3) is 79.3 Å². The Balaban J connectivity index is 1.36. The summed E-state index contributed by atoms with van der Waals surface area (Å²) >= 11 is 0. The summed E-state index contributed by atoms with van der Waals surface area (Å²) in [5.41, 5.74) is 10.7. The van der Waals surface area contributed by atoms with E-state index in [4.69, 9.17) is 24.9 Å². The highest BCUT2D eigenvalue weighted by atomic mass is 15.0. The van der Waals surface area contributed by atoms with Gasteiger partial charge in [-0.15, -0.1) is 6.58 Å². The van der Waals surface area contributed by atoms with Crippen molar-refractivity contribution in [2.45, 2.75) is 6.42 Å². The van der Waals surface area contributed by atoms with Gasteiger partial charge in [0.1, 0.15) is 5.69 Å². The monoisotopic (exact) mass is 656 g/mol. The van der Waals surface area contributed by atoms with Crippen molar-refractivity contribution in [1.29, 1.82) is 0 Å². The molecule has 8 aromatic rings. The molecular formula is C45H32N6. The number of aromatic nitrogens is 6. The van der Waals surface area contributed by atoms with E-state index in [2.05, 4.69) is 78.3 Å². The normalized spacial score (nSPS) is 10.9. The predicted octanol–water partition coefficient (Wildman–Crippen LogP) is 10.5. The molecule has 0 saturated carbocycles. The SMILES string of the molecule is C=CCc1cccc(-c2cc(-c3nc(-c4cc(-c5ccccc5)nc(-c5ccccc5)c4)nc(-c4ccccn4)n3)cc(-c3ccccc3)n2)c1. The lowest BCUT2D eigenvalue weighted by Crippen LogP contribution is -2.03. The number of hydrogen-bond acceptors (Lipinski definition) is 6. The molecule has 4 aromatic heterocycles. The summed E-state index contributed by atoms with van der Waals surface area (Å²) < 4.78 is 0. The third kappa shape index (κ3) is 6.98. The summed E-state index contributed by atoms with van der Waals surface area (Å²) in [5, 5.41) is 0. The molecule has 0 bridgehead atoms. The van der Waals surface area contributed by atoms with Crippen molar-refractivity contribution in [2.24, 2.45) is 0 Å². The van der Waals surface area contributed by atoms with Crippen LogP contribution in [0.3, 0.4) is 0 Å². The molecule has 0 radical (unpaired) electrons. The largest absolute Gasteiger partial charge is 0.253 e. The Bertz CT molecular complexity index is 2390. The van der Waals surface area contributed by atoms with Crippen LogP contribution in [0.15, 0.2) is 177 Å². The van der Waals surface area contributed by atoms with Crippen molar-refractivity contribution < 1.29 is 0 Å². The van der Waals surface area contributed by atoms with Gasteiger partial charge in [0, 0.05) is 39.6 Å². The molecule has 242 valence electrons. The number of nitrogens with zero attached hydrogens (tertiary/aromatic N) is 6. The third-order valence-electron chi connectivity index (χ3n) is 8.51. The van der Waals surface area contributed by atoms with Gasteiger partial charge in [-0.2, -0.15) is 0 Å². The van der Waals surface area contributed by atoms with E-state index in [1.807, 2.05) is 97.1 Å². The van der Waals surface area contributed by atoms with Crippen LogP contribution in [-0.4, -0.2) is 29.9 Å². The van der Waals surface area contributed by atoms with Crippen molar-refractivity contribution >= 4 is 0 Å². The average molecular weight is 657 g/mol. The molecule has 6 heteroatoms. The van der Waals surface area contributed by atoms with Crippen LogP contribution in [0.4, 0.5) is 0 Å². The fourth-order valence-electron chi connectivity index (χ4n) is 6.01. The van der Waals surface area contributed by atoms with E-state index >= 15 is 0 Å². The lowest BCUT2D eigenvalue weighted by atomic mass is 10.0. The van der Waals surface area contributed by atoms with Gasteiger partial charge in [-0.05, 0) is 54.4 Å². The summed E-state index contributed by atoms with van der Waals surface area (Å²) in [6, 6.07) is 52.8. The minimum absolute atomic E-state index is 0.475. The number of benzene rings is 4. The van der Waals surface area contributed by atoms with Crippen LogP contribution in [0.1, 0.15) is 5.56 Å². The Labute approximate surface area is 297 Å². The van der Waals surface area contributed by atoms with Gasteiger partial charge in [0.25, 0.3) is 0 Å². The fourth-order valence-corrected chi connectivity index (χ4v) is 6.01. The second-order valence-corrected chi connectivity index (χ2v) is 12.1. The number of hydrogen-bond donors (Lipinski definition) is 0. The number of rotatable bonds is 9. The maximum Gasteiger partial charge on any atom is 0.182 e. The highest BCUT2D eigenvalue weighted by Gasteiger charge is 2.18. The van der Waals surface area contributed by atoms with E-state index in [0.29, 0.717) is 23.2 Å². The Kier molecular flexibility index (Phi) is 8.78. The molecule has 0 aliphatic heterocycles. The van der Waals surface area contributed by atoms with Crippen molar-refractivity contribution in [1.82, 2.24) is 29.9 Å². The molecule has 8 rings (SSSR count). The molecule has 4 aromatic carbocycles. The average Bonchev–Trinajstić information content (AvgIpc) is 3.22. The van der Waals surface area contributed by atoms with E-state index in [-0.39, 0.29) is 0 Å². The molecule has 0 aliphatic carbocycles. The van der Waals surface area contributed by atoms with Crippen LogP contribution >= 0.6 is 0 Å². The molecular weight excluding hydrogens is 625 g/mol. The minimum Gasteiger partial charge on any atom is -0.253 e. The van der Waals surface area contributed by atoms with Gasteiger partial charge in [0.2, 0.25) is 0 Å². The summed E-state index contributed by atoms with van der Waals surface area (Å²) in [6.07, 6.45) is 4.43. The highest BCUT2D eigenvalue weighted by molar-refractivity contribution is 5.78. The second kappa shape index (κ2) is 14.3. The molecule has 0 amide bonds. The van der Waals surface area contributed by atoms with Gasteiger partial charge in [-0.3, -0.25) is 4.98 Å². The van der Waals surface area contributed by atoms with Gasteiger partial charge >= 0.3 is 0 Å². The Morgan fingerprint density at radius 3 is 1.29 bits per heavy atom.